The van der Waals surface area contributed by atoms with Crippen molar-refractivity contribution in [3.63, 3.8) is 0 Å². The van der Waals surface area contributed by atoms with E-state index in [9.17, 15) is 14.0 Å². The highest BCUT2D eigenvalue weighted by atomic mass is 19.1. The van der Waals surface area contributed by atoms with E-state index < -0.39 is 11.4 Å². The zero-order chi connectivity index (χ0) is 21.3. The summed E-state index contributed by atoms with van der Waals surface area (Å²) in [7, 11) is 3.00. The summed E-state index contributed by atoms with van der Waals surface area (Å²) in [4.78, 5) is 34.7. The van der Waals surface area contributed by atoms with Crippen LogP contribution in [0.2, 0.25) is 0 Å². The number of nitrogens with two attached hydrogens (primary N) is 1. The molecule has 7 nitrogen and oxygen atoms in total. The van der Waals surface area contributed by atoms with Gasteiger partial charge in [-0.05, 0) is 43.2 Å². The fourth-order valence-corrected chi connectivity index (χ4v) is 3.34. The van der Waals surface area contributed by atoms with Crippen LogP contribution in [0.4, 0.5) is 4.39 Å². The molecule has 1 aromatic carbocycles. The monoisotopic (exact) mass is 398 g/mol. The average Bonchev–Trinajstić information content (AvgIpc) is 2.67. The van der Waals surface area contributed by atoms with Gasteiger partial charge in [-0.25, -0.2) is 14.4 Å². The Balaban J connectivity index is 1.94. The number of amides is 1. The normalized spacial score (nSPS) is 19.1. The molecule has 29 heavy (non-hydrogen) atoms. The molecule has 0 spiro atoms. The number of nitrogens with zero attached hydrogens (tertiary/aromatic N) is 3. The molecule has 1 aliphatic rings. The van der Waals surface area contributed by atoms with E-state index in [2.05, 4.69) is 9.98 Å². The van der Waals surface area contributed by atoms with E-state index in [1.165, 1.54) is 31.2 Å². The van der Waals surface area contributed by atoms with Crippen LogP contribution >= 0.6 is 0 Å². The van der Waals surface area contributed by atoms with Gasteiger partial charge in [0, 0.05) is 25.2 Å². The number of hydrogen-bond donors (Lipinski definition) is 1. The number of methoxy groups -OCH3 is 1. The smallest absolute Gasteiger partial charge is 0.231 e. The summed E-state index contributed by atoms with van der Waals surface area (Å²) >= 11 is 0. The highest BCUT2D eigenvalue weighted by molar-refractivity contribution is 5.99. The number of hydrogen-bond acceptors (Lipinski definition) is 6. The predicted octanol–water partition coefficient (Wildman–Crippen LogP) is 2.36. The number of aryl methyl sites for hydroxylation is 1. The summed E-state index contributed by atoms with van der Waals surface area (Å²) in [6.45, 7) is 3.51. The molecule has 1 unspecified atom stereocenters. The number of rotatable bonds is 5. The maximum absolute atomic E-state index is 14.6. The van der Waals surface area contributed by atoms with E-state index in [1.54, 1.807) is 25.3 Å². The number of aromatic nitrogens is 1. The number of halogens is 1. The molecule has 2 N–H and O–H groups in total. The lowest BCUT2D eigenvalue weighted by atomic mass is 9.85. The van der Waals surface area contributed by atoms with E-state index >= 15 is 0 Å². The molecule has 1 atom stereocenters. The van der Waals surface area contributed by atoms with Crippen molar-refractivity contribution in [1.29, 1.82) is 0 Å². The van der Waals surface area contributed by atoms with Gasteiger partial charge in [-0.2, -0.15) is 0 Å². The molecule has 0 aliphatic carbocycles. The molecule has 0 saturated heterocycles. The van der Waals surface area contributed by atoms with Gasteiger partial charge >= 0.3 is 0 Å². The lowest BCUT2D eigenvalue weighted by Gasteiger charge is -2.34. The van der Waals surface area contributed by atoms with Crippen LogP contribution in [0, 0.1) is 12.7 Å². The second-order valence-corrected chi connectivity index (χ2v) is 7.35. The Morgan fingerprint density at radius 3 is 2.76 bits per heavy atom. The van der Waals surface area contributed by atoms with Crippen molar-refractivity contribution in [3.8, 4) is 5.75 Å². The third-order valence-corrected chi connectivity index (χ3v) is 5.02. The molecule has 8 heteroatoms. The highest BCUT2D eigenvalue weighted by Gasteiger charge is 2.38. The number of pyridine rings is 1. The average molecular weight is 398 g/mol. The standard InChI is InChI=1S/C21H23FN4O3/c1-12-7-17(29-4)19(24-11-12)16(27)9-13-5-6-15(22)14(8-13)21(2)10-18(28)26(3)20(23)25-21/h5-8,11H,9-10H2,1-4H3,(H2,23,25). The van der Waals surface area contributed by atoms with E-state index in [0.717, 1.165) is 5.56 Å². The number of Topliss-reactive ketones (excluding diaryl/α,β-unsaturated/α-hetero) is 1. The van der Waals surface area contributed by atoms with Crippen molar-refractivity contribution in [1.82, 2.24) is 9.88 Å². The van der Waals surface area contributed by atoms with Gasteiger partial charge in [0.15, 0.2) is 11.7 Å². The molecule has 1 aliphatic heterocycles. The number of guanidine groups is 1. The van der Waals surface area contributed by atoms with Crippen LogP contribution in [0.1, 0.15) is 40.5 Å². The van der Waals surface area contributed by atoms with E-state index in [-0.39, 0.29) is 41.7 Å². The van der Waals surface area contributed by atoms with Gasteiger partial charge in [-0.15, -0.1) is 0 Å². The van der Waals surface area contributed by atoms with Crippen LogP contribution in [-0.2, 0) is 16.8 Å². The number of carbonyl (C=O) groups is 2. The fourth-order valence-electron chi connectivity index (χ4n) is 3.34. The molecule has 152 valence electrons. The lowest BCUT2D eigenvalue weighted by Crippen LogP contribution is -2.47. The minimum Gasteiger partial charge on any atom is -0.494 e. The summed E-state index contributed by atoms with van der Waals surface area (Å²) in [6, 6.07) is 6.10. The molecule has 2 heterocycles. The zero-order valence-electron chi connectivity index (χ0n) is 16.8. The van der Waals surface area contributed by atoms with E-state index in [0.29, 0.717) is 11.3 Å². The Hall–Kier alpha value is -3.29. The van der Waals surface area contributed by atoms with Gasteiger partial charge in [0.05, 0.1) is 19.1 Å². The SMILES string of the molecule is COc1cc(C)cnc1C(=O)Cc1ccc(F)c(C2(C)CC(=O)N(C)C(N)=N2)c1. The van der Waals surface area contributed by atoms with Gasteiger partial charge in [0.2, 0.25) is 5.91 Å². The van der Waals surface area contributed by atoms with Crippen LogP contribution in [0.15, 0.2) is 35.5 Å². The third kappa shape index (κ3) is 3.96. The van der Waals surface area contributed by atoms with Gasteiger partial charge in [-0.3, -0.25) is 14.5 Å². The van der Waals surface area contributed by atoms with Crippen molar-refractivity contribution in [2.75, 3.05) is 14.2 Å². The Morgan fingerprint density at radius 2 is 2.10 bits per heavy atom. The number of benzene rings is 1. The second kappa shape index (κ2) is 7.62. The largest absolute Gasteiger partial charge is 0.494 e. The van der Waals surface area contributed by atoms with Crippen LogP contribution in [0.5, 0.6) is 5.75 Å². The van der Waals surface area contributed by atoms with Crippen molar-refractivity contribution >= 4 is 17.6 Å². The summed E-state index contributed by atoms with van der Waals surface area (Å²) < 4.78 is 19.9. The maximum Gasteiger partial charge on any atom is 0.231 e. The first-order valence-electron chi connectivity index (χ1n) is 9.09. The summed E-state index contributed by atoms with van der Waals surface area (Å²) in [5.41, 5.74) is 6.57. The number of carbonyl (C=O) groups excluding carboxylic acids is 2. The molecular formula is C21H23FN4O3. The molecule has 0 fully saturated rings. The van der Waals surface area contributed by atoms with E-state index in [4.69, 9.17) is 10.5 Å². The Bertz CT molecular complexity index is 1020. The molecule has 2 aromatic rings. The van der Waals surface area contributed by atoms with Crippen LogP contribution in [0.25, 0.3) is 0 Å². The summed E-state index contributed by atoms with van der Waals surface area (Å²) in [5.74, 6) is -0.606. The van der Waals surface area contributed by atoms with E-state index in [1.807, 2.05) is 6.92 Å². The molecular weight excluding hydrogens is 375 g/mol. The van der Waals surface area contributed by atoms with Gasteiger partial charge in [0.1, 0.15) is 17.3 Å². The second-order valence-electron chi connectivity index (χ2n) is 7.35. The molecule has 0 bridgehead atoms. The van der Waals surface area contributed by atoms with Crippen LogP contribution < -0.4 is 10.5 Å². The molecule has 1 amide bonds. The number of ketones is 1. The lowest BCUT2D eigenvalue weighted by molar-refractivity contribution is -0.128. The molecule has 0 saturated carbocycles. The predicted molar refractivity (Wildman–Crippen MR) is 106 cm³/mol. The van der Waals surface area contributed by atoms with Gasteiger partial charge in [0.25, 0.3) is 0 Å². The third-order valence-electron chi connectivity index (χ3n) is 5.02. The molecule has 0 radical (unpaired) electrons. The van der Waals surface area contributed by atoms with Crippen molar-refractivity contribution in [3.05, 3.63) is 58.7 Å². The zero-order valence-corrected chi connectivity index (χ0v) is 16.8. The fraction of sp³-hybridized carbons (Fsp3) is 0.333. The van der Waals surface area contributed by atoms with Crippen molar-refractivity contribution in [2.24, 2.45) is 10.7 Å². The number of ether oxygens (including phenoxy) is 1. The van der Waals surface area contributed by atoms with Gasteiger partial charge < -0.3 is 10.5 Å². The summed E-state index contributed by atoms with van der Waals surface area (Å²) in [5, 5.41) is 0. The Kier molecular flexibility index (Phi) is 5.37. The highest BCUT2D eigenvalue weighted by Crippen LogP contribution is 2.35. The van der Waals surface area contributed by atoms with Crippen molar-refractivity contribution in [2.45, 2.75) is 32.2 Å². The molecule has 1 aromatic heterocycles. The first-order chi connectivity index (χ1) is 13.6. The first-order valence-corrected chi connectivity index (χ1v) is 9.09. The number of aliphatic imine (C=N–C) groups is 1. The minimum absolute atomic E-state index is 0.00280. The van der Waals surface area contributed by atoms with Crippen LogP contribution in [-0.4, -0.2) is 41.7 Å². The van der Waals surface area contributed by atoms with Gasteiger partial charge in [-0.1, -0.05) is 6.07 Å². The van der Waals surface area contributed by atoms with Crippen LogP contribution in [0.3, 0.4) is 0 Å². The quantitative estimate of drug-likeness (QED) is 0.780. The summed E-state index contributed by atoms with van der Waals surface area (Å²) in [6.07, 6.45) is 1.57. The Morgan fingerprint density at radius 1 is 1.38 bits per heavy atom. The Labute approximate surface area is 168 Å². The topological polar surface area (TPSA) is 97.9 Å². The van der Waals surface area contributed by atoms with Crippen molar-refractivity contribution < 1.29 is 18.7 Å². The first kappa shape index (κ1) is 20.4. The molecule has 3 rings (SSSR count). The minimum atomic E-state index is -1.14. The maximum atomic E-state index is 14.6.